The van der Waals surface area contributed by atoms with Crippen LogP contribution >= 0.6 is 0 Å². The SMILES string of the molecule is CC(C)CN(C(NCc1ccccc1)c1cccc(C(CC(C)O)c2ccccc2)c1)S(=O)(=O)c1ccc2c(c1)OCO2. The van der Waals surface area contributed by atoms with Gasteiger partial charge in [0.05, 0.1) is 11.0 Å². The summed E-state index contributed by atoms with van der Waals surface area (Å²) in [6.45, 7) is 6.66. The number of sulfonamides is 1. The van der Waals surface area contributed by atoms with E-state index in [0.717, 1.165) is 22.3 Å². The van der Waals surface area contributed by atoms with Gasteiger partial charge in [-0.25, -0.2) is 8.42 Å². The molecule has 0 saturated carbocycles. The largest absolute Gasteiger partial charge is 0.454 e. The van der Waals surface area contributed by atoms with E-state index in [1.165, 1.54) is 0 Å². The Morgan fingerprint density at radius 2 is 1.44 bits per heavy atom. The van der Waals surface area contributed by atoms with Crippen LogP contribution in [0.2, 0.25) is 0 Å². The van der Waals surface area contributed by atoms with Crippen LogP contribution in [-0.2, 0) is 16.6 Å². The van der Waals surface area contributed by atoms with Crippen LogP contribution in [0.25, 0.3) is 0 Å². The molecule has 1 aliphatic heterocycles. The average Bonchev–Trinajstić information content (AvgIpc) is 3.48. The summed E-state index contributed by atoms with van der Waals surface area (Å²) in [4.78, 5) is 0.149. The fourth-order valence-corrected chi connectivity index (χ4v) is 7.24. The van der Waals surface area contributed by atoms with Gasteiger partial charge in [-0.3, -0.25) is 5.32 Å². The summed E-state index contributed by atoms with van der Waals surface area (Å²) in [7, 11) is -3.98. The van der Waals surface area contributed by atoms with Crippen molar-refractivity contribution in [3.05, 3.63) is 125 Å². The van der Waals surface area contributed by atoms with Crippen LogP contribution in [0.1, 0.15) is 61.5 Å². The van der Waals surface area contributed by atoms with Gasteiger partial charge in [0.2, 0.25) is 16.8 Å². The normalized spacial score (nSPS) is 15.0. The van der Waals surface area contributed by atoms with E-state index in [4.69, 9.17) is 9.47 Å². The predicted molar refractivity (Wildman–Crippen MR) is 168 cm³/mol. The first-order valence-corrected chi connectivity index (χ1v) is 16.2. The molecule has 0 aromatic heterocycles. The van der Waals surface area contributed by atoms with Crippen molar-refractivity contribution in [3.8, 4) is 11.5 Å². The molecule has 0 amide bonds. The molecule has 0 bridgehead atoms. The van der Waals surface area contributed by atoms with Crippen LogP contribution < -0.4 is 14.8 Å². The molecule has 1 heterocycles. The van der Waals surface area contributed by atoms with Crippen molar-refractivity contribution in [3.63, 3.8) is 0 Å². The third-order valence-corrected chi connectivity index (χ3v) is 9.36. The van der Waals surface area contributed by atoms with E-state index >= 15 is 0 Å². The Morgan fingerprint density at radius 1 is 0.791 bits per heavy atom. The minimum Gasteiger partial charge on any atom is -0.454 e. The third kappa shape index (κ3) is 7.46. The lowest BCUT2D eigenvalue weighted by Crippen LogP contribution is -2.44. The van der Waals surface area contributed by atoms with Crippen molar-refractivity contribution in [2.45, 2.75) is 56.8 Å². The zero-order valence-corrected chi connectivity index (χ0v) is 25.7. The van der Waals surface area contributed by atoms with Crippen LogP contribution in [0.5, 0.6) is 11.5 Å². The molecular weight excluding hydrogens is 560 g/mol. The molecular formula is C35H40N2O5S. The van der Waals surface area contributed by atoms with E-state index in [2.05, 4.69) is 29.6 Å². The van der Waals surface area contributed by atoms with Gasteiger partial charge >= 0.3 is 0 Å². The van der Waals surface area contributed by atoms with Gasteiger partial charge in [0, 0.05) is 25.1 Å². The molecule has 5 rings (SSSR count). The number of hydrogen-bond acceptors (Lipinski definition) is 6. The number of nitrogens with one attached hydrogen (secondary N) is 1. The molecule has 4 aromatic carbocycles. The quantitative estimate of drug-likeness (QED) is 0.172. The number of nitrogens with zero attached hydrogens (tertiary/aromatic N) is 1. The second kappa shape index (κ2) is 13.7. The first-order valence-electron chi connectivity index (χ1n) is 14.7. The molecule has 3 unspecified atom stereocenters. The molecule has 0 radical (unpaired) electrons. The van der Waals surface area contributed by atoms with E-state index in [-0.39, 0.29) is 23.5 Å². The number of rotatable bonds is 13. The van der Waals surface area contributed by atoms with Crippen LogP contribution in [0.4, 0.5) is 0 Å². The van der Waals surface area contributed by atoms with Crippen molar-refractivity contribution in [2.75, 3.05) is 13.3 Å². The topological polar surface area (TPSA) is 88.1 Å². The standard InChI is InChI=1S/C35H40N2O5S/c1-25(2)23-37(43(39,40)31-17-18-33-34(21-31)42-24-41-33)35(36-22-27-11-6-4-7-12-27)30-16-10-15-29(20-30)32(19-26(3)38)28-13-8-5-9-14-28/h4-18,20-21,25-26,32,35-36,38H,19,22-24H2,1-3H3. The zero-order chi connectivity index (χ0) is 30.4. The highest BCUT2D eigenvalue weighted by molar-refractivity contribution is 7.89. The molecule has 43 heavy (non-hydrogen) atoms. The first kappa shape index (κ1) is 30.8. The third-order valence-electron chi connectivity index (χ3n) is 7.53. The van der Waals surface area contributed by atoms with E-state index in [1.807, 2.05) is 74.5 Å². The summed E-state index contributed by atoms with van der Waals surface area (Å²) in [5.74, 6) is 0.955. The minimum atomic E-state index is -3.98. The van der Waals surface area contributed by atoms with Crippen LogP contribution in [-0.4, -0.2) is 37.3 Å². The fourth-order valence-electron chi connectivity index (χ4n) is 5.51. The Kier molecular flexibility index (Phi) is 9.82. The number of aliphatic hydroxyl groups excluding tert-OH is 1. The minimum absolute atomic E-state index is 0.0556. The Morgan fingerprint density at radius 3 is 2.14 bits per heavy atom. The van der Waals surface area contributed by atoms with E-state index in [1.54, 1.807) is 29.4 Å². The van der Waals surface area contributed by atoms with Gasteiger partial charge in [0.1, 0.15) is 6.17 Å². The van der Waals surface area contributed by atoms with Gasteiger partial charge in [0.25, 0.3) is 0 Å². The van der Waals surface area contributed by atoms with Gasteiger partial charge in [-0.1, -0.05) is 98.8 Å². The number of hydrogen-bond donors (Lipinski definition) is 2. The van der Waals surface area contributed by atoms with E-state index in [0.29, 0.717) is 31.0 Å². The van der Waals surface area contributed by atoms with Crippen molar-refractivity contribution in [1.82, 2.24) is 9.62 Å². The molecule has 0 aliphatic carbocycles. The van der Waals surface area contributed by atoms with Gasteiger partial charge in [-0.15, -0.1) is 0 Å². The molecule has 7 nitrogen and oxygen atoms in total. The van der Waals surface area contributed by atoms with Gasteiger partial charge in [0.15, 0.2) is 11.5 Å². The summed E-state index contributed by atoms with van der Waals surface area (Å²) in [6, 6.07) is 32.9. The summed E-state index contributed by atoms with van der Waals surface area (Å²) >= 11 is 0. The fraction of sp³-hybridized carbons (Fsp3) is 0.314. The Hall–Kier alpha value is -3.69. The maximum Gasteiger partial charge on any atom is 0.244 e. The smallest absolute Gasteiger partial charge is 0.244 e. The molecule has 3 atom stereocenters. The number of fused-ring (bicyclic) bond motifs is 1. The Labute approximate surface area is 255 Å². The number of aliphatic hydroxyl groups is 1. The van der Waals surface area contributed by atoms with Crippen molar-refractivity contribution >= 4 is 10.0 Å². The molecule has 0 saturated heterocycles. The lowest BCUT2D eigenvalue weighted by Gasteiger charge is -2.34. The van der Waals surface area contributed by atoms with Crippen LogP contribution in [0, 0.1) is 5.92 Å². The lowest BCUT2D eigenvalue weighted by atomic mass is 9.86. The molecule has 226 valence electrons. The number of benzene rings is 4. The Balaban J connectivity index is 1.59. The summed E-state index contributed by atoms with van der Waals surface area (Å²) in [6.07, 6.45) is -0.633. The average molecular weight is 601 g/mol. The van der Waals surface area contributed by atoms with Crippen LogP contribution in [0.15, 0.2) is 108 Å². The second-order valence-electron chi connectivity index (χ2n) is 11.5. The van der Waals surface area contributed by atoms with Crippen molar-refractivity contribution < 1.29 is 23.0 Å². The molecule has 0 spiro atoms. The first-order chi connectivity index (χ1) is 20.7. The molecule has 4 aromatic rings. The summed E-state index contributed by atoms with van der Waals surface area (Å²) in [5.41, 5.74) is 3.98. The van der Waals surface area contributed by atoms with Crippen LogP contribution in [0.3, 0.4) is 0 Å². The zero-order valence-electron chi connectivity index (χ0n) is 24.9. The van der Waals surface area contributed by atoms with Gasteiger partial charge in [-0.2, -0.15) is 4.31 Å². The second-order valence-corrected chi connectivity index (χ2v) is 13.4. The molecule has 8 heteroatoms. The highest BCUT2D eigenvalue weighted by atomic mass is 32.2. The summed E-state index contributed by atoms with van der Waals surface area (Å²) in [5, 5.41) is 14.0. The lowest BCUT2D eigenvalue weighted by molar-refractivity contribution is 0.174. The molecule has 1 aliphatic rings. The number of ether oxygens (including phenoxy) is 2. The predicted octanol–water partition coefficient (Wildman–Crippen LogP) is 6.45. The molecule has 0 fully saturated rings. The van der Waals surface area contributed by atoms with Gasteiger partial charge < -0.3 is 14.6 Å². The van der Waals surface area contributed by atoms with Crippen molar-refractivity contribution in [2.24, 2.45) is 5.92 Å². The highest BCUT2D eigenvalue weighted by Gasteiger charge is 2.34. The maximum absolute atomic E-state index is 14.4. The van der Waals surface area contributed by atoms with Crippen molar-refractivity contribution in [1.29, 1.82) is 0 Å². The van der Waals surface area contributed by atoms with E-state index in [9.17, 15) is 13.5 Å². The summed E-state index contributed by atoms with van der Waals surface area (Å²) < 4.78 is 41.4. The monoisotopic (exact) mass is 600 g/mol. The van der Waals surface area contributed by atoms with Gasteiger partial charge in [-0.05, 0) is 53.6 Å². The highest BCUT2D eigenvalue weighted by Crippen LogP contribution is 2.37. The maximum atomic E-state index is 14.4. The molecule has 2 N–H and O–H groups in total. The Bertz CT molecular complexity index is 1590. The van der Waals surface area contributed by atoms with E-state index < -0.39 is 22.3 Å².